The smallest absolute Gasteiger partial charge is 0.308 e. The maximum Gasteiger partial charge on any atom is 0.308 e. The van der Waals surface area contributed by atoms with Crippen molar-refractivity contribution in [1.29, 1.82) is 5.41 Å². The van der Waals surface area contributed by atoms with Crippen LogP contribution in [0.5, 0.6) is 0 Å². The second kappa shape index (κ2) is 6.16. The second-order valence-corrected chi connectivity index (χ2v) is 4.72. The quantitative estimate of drug-likeness (QED) is 0.511. The van der Waals surface area contributed by atoms with E-state index in [1.165, 1.54) is 13.7 Å². The van der Waals surface area contributed by atoms with E-state index in [1.54, 1.807) is 20.1 Å². The molecule has 0 saturated carbocycles. The van der Waals surface area contributed by atoms with Gasteiger partial charge in [0.15, 0.2) is 0 Å². The summed E-state index contributed by atoms with van der Waals surface area (Å²) in [5, 5.41) is 17.1. The average molecular weight is 225 g/mol. The molecule has 1 unspecified atom stereocenters. The Morgan fingerprint density at radius 2 is 2.00 bits per heavy atom. The lowest BCUT2D eigenvalue weighted by molar-refractivity contribution is -0.0903. The zero-order valence-electron chi connectivity index (χ0n) is 10.8. The molecule has 1 radical (unpaired) electrons. The van der Waals surface area contributed by atoms with Crippen LogP contribution >= 0.6 is 0 Å². The van der Waals surface area contributed by atoms with E-state index in [0.717, 1.165) is 0 Å². The van der Waals surface area contributed by atoms with Crippen LogP contribution in [0, 0.1) is 5.41 Å². The topological polar surface area (TPSA) is 65.7 Å². The fourth-order valence-electron chi connectivity index (χ4n) is 0.737. The monoisotopic (exact) mass is 225 g/mol. The average Bonchev–Trinajstić information content (AvgIpc) is 2.16. The maximum absolute atomic E-state index is 9.87. The summed E-state index contributed by atoms with van der Waals surface area (Å²) in [6, 6.07) is 0. The molecule has 0 heterocycles. The van der Waals surface area contributed by atoms with Crippen molar-refractivity contribution in [3.8, 4) is 0 Å². The maximum atomic E-state index is 9.87. The first kappa shape index (κ1) is 15.3. The summed E-state index contributed by atoms with van der Waals surface area (Å²) in [6.45, 7) is 9.62. The number of nitrogens with one attached hydrogen (secondary N) is 1. The van der Waals surface area contributed by atoms with Gasteiger partial charge in [0, 0.05) is 18.6 Å². The molecule has 2 N–H and O–H groups in total. The first-order valence-corrected chi connectivity index (χ1v) is 5.48. The number of aliphatic imine (C=N–C) groups is 1. The lowest BCUT2D eigenvalue weighted by atomic mass is 9.78. The molecular formula is C11H22BN2O2. The molecule has 0 fully saturated rings. The molecule has 0 aliphatic carbocycles. The Morgan fingerprint density at radius 3 is 2.38 bits per heavy atom. The molecule has 0 spiro atoms. The van der Waals surface area contributed by atoms with Gasteiger partial charge < -0.3 is 15.2 Å². The van der Waals surface area contributed by atoms with Gasteiger partial charge in [0.25, 0.3) is 0 Å². The van der Waals surface area contributed by atoms with Gasteiger partial charge in [0.2, 0.25) is 0 Å². The van der Waals surface area contributed by atoms with Gasteiger partial charge in [0.1, 0.15) is 0 Å². The highest BCUT2D eigenvalue weighted by molar-refractivity contribution is 6.42. The molecule has 5 heteroatoms. The molecule has 0 bridgehead atoms. The van der Waals surface area contributed by atoms with E-state index in [1.807, 2.05) is 20.8 Å². The zero-order chi connectivity index (χ0) is 12.8. The van der Waals surface area contributed by atoms with Crippen molar-refractivity contribution in [3.05, 3.63) is 0 Å². The number of rotatable bonds is 7. The molecule has 0 aromatic rings. The van der Waals surface area contributed by atoms with Gasteiger partial charge in [-0.25, -0.2) is 0 Å². The molecular weight excluding hydrogens is 203 g/mol. The summed E-state index contributed by atoms with van der Waals surface area (Å²) >= 11 is 0. The Hall–Kier alpha value is -0.675. The standard InChI is InChI=1S/C11H22BN2O2/c1-6-14-8-9(7-13)12-16-11(4,5)10(2,3)15/h7-9,13,15H,6H2,1-5H3. The van der Waals surface area contributed by atoms with E-state index in [-0.39, 0.29) is 5.82 Å². The minimum Gasteiger partial charge on any atom is -0.432 e. The van der Waals surface area contributed by atoms with Crippen LogP contribution in [0.4, 0.5) is 0 Å². The SMILES string of the molecule is CCN=CC([B]OC(C)(C)C(C)(C)O)C=N. The van der Waals surface area contributed by atoms with Crippen molar-refractivity contribution in [3.63, 3.8) is 0 Å². The number of aliphatic hydroxyl groups is 1. The van der Waals surface area contributed by atoms with Gasteiger partial charge in [-0.2, -0.15) is 0 Å². The van der Waals surface area contributed by atoms with Crippen LogP contribution in [0.25, 0.3) is 0 Å². The highest BCUT2D eigenvalue weighted by atomic mass is 16.5. The third-order valence-corrected chi connectivity index (χ3v) is 2.65. The van der Waals surface area contributed by atoms with Gasteiger partial charge in [0.05, 0.1) is 11.2 Å². The number of hydrogen-bond donors (Lipinski definition) is 2. The van der Waals surface area contributed by atoms with Gasteiger partial charge in [-0.05, 0) is 40.8 Å². The first-order valence-electron chi connectivity index (χ1n) is 5.48. The lowest BCUT2D eigenvalue weighted by Gasteiger charge is -2.38. The minimum absolute atomic E-state index is 0.249. The van der Waals surface area contributed by atoms with Crippen LogP contribution in [0.2, 0.25) is 5.82 Å². The fraction of sp³-hybridized carbons (Fsp3) is 0.818. The molecule has 16 heavy (non-hydrogen) atoms. The van der Waals surface area contributed by atoms with Crippen LogP contribution in [0.3, 0.4) is 0 Å². The van der Waals surface area contributed by atoms with E-state index < -0.39 is 11.2 Å². The Labute approximate surface area is 98.9 Å². The Morgan fingerprint density at radius 1 is 1.44 bits per heavy atom. The molecule has 0 aromatic heterocycles. The molecule has 0 aliphatic rings. The van der Waals surface area contributed by atoms with Crippen molar-refractivity contribution in [1.82, 2.24) is 0 Å². The van der Waals surface area contributed by atoms with E-state index in [0.29, 0.717) is 6.54 Å². The van der Waals surface area contributed by atoms with Crippen molar-refractivity contribution >= 4 is 19.9 Å². The Bertz CT molecular complexity index is 247. The van der Waals surface area contributed by atoms with E-state index in [2.05, 4.69) is 4.99 Å². The molecule has 0 saturated heterocycles. The highest BCUT2D eigenvalue weighted by Crippen LogP contribution is 2.25. The molecule has 91 valence electrons. The van der Waals surface area contributed by atoms with Crippen molar-refractivity contribution in [2.24, 2.45) is 4.99 Å². The largest absolute Gasteiger partial charge is 0.432 e. The van der Waals surface area contributed by atoms with Crippen LogP contribution < -0.4 is 0 Å². The Kier molecular flexibility index (Phi) is 5.90. The highest BCUT2D eigenvalue weighted by Gasteiger charge is 2.36. The van der Waals surface area contributed by atoms with Gasteiger partial charge in [-0.3, -0.25) is 4.99 Å². The van der Waals surface area contributed by atoms with Gasteiger partial charge >= 0.3 is 7.48 Å². The number of nitrogens with zero attached hydrogens (tertiary/aromatic N) is 1. The van der Waals surface area contributed by atoms with Gasteiger partial charge in [-0.1, -0.05) is 0 Å². The first-order chi connectivity index (χ1) is 7.24. The third-order valence-electron chi connectivity index (χ3n) is 2.65. The summed E-state index contributed by atoms with van der Waals surface area (Å²) in [5.41, 5.74) is -1.65. The second-order valence-electron chi connectivity index (χ2n) is 4.72. The fourth-order valence-corrected chi connectivity index (χ4v) is 0.737. The molecule has 0 aromatic carbocycles. The molecule has 0 amide bonds. The third kappa shape index (κ3) is 4.90. The van der Waals surface area contributed by atoms with Crippen LogP contribution in [0.1, 0.15) is 34.6 Å². The van der Waals surface area contributed by atoms with Crippen LogP contribution in [-0.2, 0) is 4.65 Å². The zero-order valence-corrected chi connectivity index (χ0v) is 10.8. The summed E-state index contributed by atoms with van der Waals surface area (Å²) in [4.78, 5) is 4.06. The molecule has 0 aliphatic heterocycles. The Balaban J connectivity index is 4.31. The summed E-state index contributed by atoms with van der Waals surface area (Å²) in [5.74, 6) is -0.249. The van der Waals surface area contributed by atoms with E-state index in [4.69, 9.17) is 10.1 Å². The van der Waals surface area contributed by atoms with Gasteiger partial charge in [-0.15, -0.1) is 0 Å². The molecule has 1 atom stereocenters. The lowest BCUT2D eigenvalue weighted by Crippen LogP contribution is -2.48. The summed E-state index contributed by atoms with van der Waals surface area (Å²) in [7, 11) is 1.53. The van der Waals surface area contributed by atoms with Crippen LogP contribution in [-0.4, -0.2) is 42.8 Å². The van der Waals surface area contributed by atoms with Crippen LogP contribution in [0.15, 0.2) is 4.99 Å². The van der Waals surface area contributed by atoms with E-state index >= 15 is 0 Å². The van der Waals surface area contributed by atoms with Crippen molar-refractivity contribution in [2.75, 3.05) is 6.54 Å². The molecule has 4 nitrogen and oxygen atoms in total. The minimum atomic E-state index is -0.946. The van der Waals surface area contributed by atoms with Crippen molar-refractivity contribution < 1.29 is 9.76 Å². The summed E-state index contributed by atoms with van der Waals surface area (Å²) in [6.07, 6.45) is 2.91. The summed E-state index contributed by atoms with van der Waals surface area (Å²) < 4.78 is 5.53. The van der Waals surface area contributed by atoms with Crippen molar-refractivity contribution in [2.45, 2.75) is 51.6 Å². The number of hydrogen-bond acceptors (Lipinski definition) is 4. The normalized spacial score (nSPS) is 15.1. The predicted octanol–water partition coefficient (Wildman–Crippen LogP) is 1.70. The molecule has 0 rings (SSSR count). The predicted molar refractivity (Wildman–Crippen MR) is 68.8 cm³/mol. The van der Waals surface area contributed by atoms with E-state index in [9.17, 15) is 5.11 Å².